The molecule has 0 unspecified atom stereocenters. The van der Waals surface area contributed by atoms with Gasteiger partial charge >= 0.3 is 0 Å². The van der Waals surface area contributed by atoms with Crippen LogP contribution in [0.5, 0.6) is 0 Å². The van der Waals surface area contributed by atoms with E-state index < -0.39 is 0 Å². The van der Waals surface area contributed by atoms with Gasteiger partial charge in [-0.1, -0.05) is 19.3 Å². The van der Waals surface area contributed by atoms with E-state index in [1.165, 1.54) is 19.3 Å². The first kappa shape index (κ1) is 21.6. The molecule has 3 aromatic rings. The van der Waals surface area contributed by atoms with Gasteiger partial charge in [0, 0.05) is 50.9 Å². The van der Waals surface area contributed by atoms with Gasteiger partial charge in [-0.2, -0.15) is 4.98 Å². The number of piperazine rings is 1. The summed E-state index contributed by atoms with van der Waals surface area (Å²) in [6, 6.07) is 6.24. The Morgan fingerprint density at radius 2 is 1.82 bits per heavy atom. The maximum absolute atomic E-state index is 12.6. The Hall–Kier alpha value is -3.20. The smallest absolute Gasteiger partial charge is 0.267 e. The fourth-order valence-corrected chi connectivity index (χ4v) is 4.91. The van der Waals surface area contributed by atoms with Crippen LogP contribution in [0.4, 0.5) is 17.5 Å². The van der Waals surface area contributed by atoms with E-state index in [9.17, 15) is 4.79 Å². The Morgan fingerprint density at radius 1 is 1.03 bits per heavy atom. The van der Waals surface area contributed by atoms with Crippen LogP contribution in [0.25, 0.3) is 11.0 Å². The molecule has 2 fully saturated rings. The minimum Gasteiger partial charge on any atom is -0.368 e. The molecule has 33 heavy (non-hydrogen) atoms. The highest BCUT2D eigenvalue weighted by atomic mass is 16.1. The molecule has 5 rings (SSSR count). The van der Waals surface area contributed by atoms with E-state index in [2.05, 4.69) is 48.1 Å². The summed E-state index contributed by atoms with van der Waals surface area (Å²) < 4.78 is 2.12. The molecule has 0 radical (unpaired) electrons. The van der Waals surface area contributed by atoms with Crippen LogP contribution < -0.4 is 15.5 Å². The molecule has 1 aliphatic carbocycles. The lowest BCUT2D eigenvalue weighted by atomic mass is 9.95. The summed E-state index contributed by atoms with van der Waals surface area (Å²) >= 11 is 0. The predicted octanol–water partition coefficient (Wildman–Crippen LogP) is 3.19. The molecule has 9 heteroatoms. The molecule has 2 N–H and O–H groups in total. The number of hydrogen-bond donors (Lipinski definition) is 2. The highest BCUT2D eigenvalue weighted by Crippen LogP contribution is 2.33. The van der Waals surface area contributed by atoms with Crippen LogP contribution >= 0.6 is 0 Å². The van der Waals surface area contributed by atoms with Crippen molar-refractivity contribution in [3.63, 3.8) is 0 Å². The van der Waals surface area contributed by atoms with Gasteiger partial charge < -0.3 is 25.0 Å². The third-order valence-electron chi connectivity index (χ3n) is 6.83. The minimum absolute atomic E-state index is 0.0887. The molecule has 4 heterocycles. The van der Waals surface area contributed by atoms with Gasteiger partial charge in [0.2, 0.25) is 5.95 Å². The van der Waals surface area contributed by atoms with Gasteiger partial charge in [0.25, 0.3) is 5.91 Å². The van der Waals surface area contributed by atoms with Crippen molar-refractivity contribution in [2.24, 2.45) is 0 Å². The van der Waals surface area contributed by atoms with Crippen molar-refractivity contribution in [1.29, 1.82) is 0 Å². The van der Waals surface area contributed by atoms with Crippen molar-refractivity contribution in [3.8, 4) is 0 Å². The van der Waals surface area contributed by atoms with Crippen molar-refractivity contribution in [2.45, 2.75) is 38.1 Å². The summed E-state index contributed by atoms with van der Waals surface area (Å²) in [6.45, 7) is 4.15. The second kappa shape index (κ2) is 9.35. The lowest BCUT2D eigenvalue weighted by Gasteiger charge is -2.33. The lowest BCUT2D eigenvalue weighted by molar-refractivity contribution is 0.0950. The fraction of sp³-hybridized carbons (Fsp3) is 0.500. The SMILES string of the molecule is CNC(=O)c1cc2cnc(Nc3ccc(N4CCN(C)CC4)cn3)nc2n1C1CCCCC1. The van der Waals surface area contributed by atoms with Gasteiger partial charge in [-0.25, -0.2) is 9.97 Å². The van der Waals surface area contributed by atoms with Crippen LogP contribution in [0.2, 0.25) is 0 Å². The summed E-state index contributed by atoms with van der Waals surface area (Å²) in [6.07, 6.45) is 9.43. The van der Waals surface area contributed by atoms with E-state index in [0.29, 0.717) is 17.5 Å². The van der Waals surface area contributed by atoms with Crippen LogP contribution in [-0.2, 0) is 0 Å². The van der Waals surface area contributed by atoms with Gasteiger partial charge in [0.15, 0.2) is 0 Å². The van der Waals surface area contributed by atoms with Gasteiger partial charge in [0.1, 0.15) is 17.2 Å². The first-order valence-corrected chi connectivity index (χ1v) is 11.9. The zero-order chi connectivity index (χ0) is 22.8. The Kier molecular flexibility index (Phi) is 6.13. The van der Waals surface area contributed by atoms with Gasteiger partial charge in [0.05, 0.1) is 11.9 Å². The average molecular weight is 449 g/mol. The molecule has 0 aromatic carbocycles. The first-order valence-electron chi connectivity index (χ1n) is 11.9. The molecule has 0 atom stereocenters. The van der Waals surface area contributed by atoms with Gasteiger partial charge in [-0.3, -0.25) is 4.79 Å². The number of carbonyl (C=O) groups excluding carboxylic acids is 1. The minimum atomic E-state index is -0.0887. The van der Waals surface area contributed by atoms with E-state index >= 15 is 0 Å². The third-order valence-corrected chi connectivity index (χ3v) is 6.83. The largest absolute Gasteiger partial charge is 0.368 e. The summed E-state index contributed by atoms with van der Waals surface area (Å²) in [5.74, 6) is 1.10. The van der Waals surface area contributed by atoms with E-state index in [1.54, 1.807) is 13.2 Å². The van der Waals surface area contributed by atoms with Gasteiger partial charge in [-0.05, 0) is 38.1 Å². The molecule has 1 aliphatic heterocycles. The van der Waals surface area contributed by atoms with Crippen molar-refractivity contribution < 1.29 is 4.79 Å². The molecule has 0 bridgehead atoms. The van der Waals surface area contributed by atoms with E-state index in [4.69, 9.17) is 4.98 Å². The maximum atomic E-state index is 12.6. The van der Waals surface area contributed by atoms with Crippen LogP contribution in [0, 0.1) is 0 Å². The van der Waals surface area contributed by atoms with Gasteiger partial charge in [-0.15, -0.1) is 0 Å². The van der Waals surface area contributed by atoms with Crippen LogP contribution in [0.15, 0.2) is 30.6 Å². The number of nitrogens with zero attached hydrogens (tertiary/aromatic N) is 6. The Balaban J connectivity index is 1.40. The molecule has 9 nitrogen and oxygen atoms in total. The maximum Gasteiger partial charge on any atom is 0.267 e. The average Bonchev–Trinajstić information content (AvgIpc) is 3.24. The Labute approximate surface area is 194 Å². The summed E-state index contributed by atoms with van der Waals surface area (Å²) in [5, 5.41) is 6.89. The molecular weight excluding hydrogens is 416 g/mol. The van der Waals surface area contributed by atoms with E-state index in [0.717, 1.165) is 55.7 Å². The van der Waals surface area contributed by atoms with Crippen molar-refractivity contribution in [2.75, 3.05) is 50.5 Å². The zero-order valence-corrected chi connectivity index (χ0v) is 19.4. The number of hydrogen-bond acceptors (Lipinski definition) is 7. The monoisotopic (exact) mass is 448 g/mol. The molecular formula is C24H32N8O. The van der Waals surface area contributed by atoms with Crippen LogP contribution in [0.3, 0.4) is 0 Å². The van der Waals surface area contributed by atoms with Crippen LogP contribution in [-0.4, -0.2) is 70.6 Å². The quantitative estimate of drug-likeness (QED) is 0.619. The number of fused-ring (bicyclic) bond motifs is 1. The number of carbonyl (C=O) groups is 1. The number of aromatic nitrogens is 4. The fourth-order valence-electron chi connectivity index (χ4n) is 4.91. The third kappa shape index (κ3) is 4.50. The number of anilines is 3. The number of likely N-dealkylation sites (N-methyl/N-ethyl adjacent to an activating group) is 1. The molecule has 1 saturated carbocycles. The molecule has 1 amide bonds. The lowest BCUT2D eigenvalue weighted by Crippen LogP contribution is -2.44. The van der Waals surface area contributed by atoms with Crippen LogP contribution in [0.1, 0.15) is 48.6 Å². The van der Waals surface area contributed by atoms with Crippen molar-refractivity contribution in [1.82, 2.24) is 29.7 Å². The van der Waals surface area contributed by atoms with Crippen molar-refractivity contribution >= 4 is 34.4 Å². The number of nitrogens with one attached hydrogen (secondary N) is 2. The Bertz CT molecular complexity index is 1110. The normalized spacial score (nSPS) is 17.9. The standard InChI is InChI=1S/C24H32N8O/c1-25-23(33)20-14-17-15-27-24(29-22(17)32(20)18-6-4-3-5-7-18)28-21-9-8-19(16-26-21)31-12-10-30(2)11-13-31/h8-9,14-16,18H,3-7,10-13H2,1-2H3,(H,25,33)(H,26,27,28,29). The summed E-state index contributed by atoms with van der Waals surface area (Å²) in [7, 11) is 3.82. The second-order valence-corrected chi connectivity index (χ2v) is 9.06. The van der Waals surface area contributed by atoms with E-state index in [1.807, 2.05) is 18.3 Å². The zero-order valence-electron chi connectivity index (χ0n) is 19.4. The highest BCUT2D eigenvalue weighted by molar-refractivity contribution is 5.98. The molecule has 0 spiro atoms. The van der Waals surface area contributed by atoms with Crippen molar-refractivity contribution in [3.05, 3.63) is 36.3 Å². The number of rotatable bonds is 5. The number of pyridine rings is 1. The predicted molar refractivity (Wildman–Crippen MR) is 130 cm³/mol. The highest BCUT2D eigenvalue weighted by Gasteiger charge is 2.24. The molecule has 1 saturated heterocycles. The Morgan fingerprint density at radius 3 is 2.52 bits per heavy atom. The molecule has 2 aliphatic rings. The first-order chi connectivity index (χ1) is 16.1. The second-order valence-electron chi connectivity index (χ2n) is 9.06. The topological polar surface area (TPSA) is 91.2 Å². The molecule has 3 aromatic heterocycles. The molecule has 174 valence electrons. The summed E-state index contributed by atoms with van der Waals surface area (Å²) in [5.41, 5.74) is 2.58. The summed E-state index contributed by atoms with van der Waals surface area (Å²) in [4.78, 5) is 31.2. The number of amides is 1. The van der Waals surface area contributed by atoms with E-state index in [-0.39, 0.29) is 11.9 Å².